The minimum absolute atomic E-state index is 0.0127. The molecule has 0 heterocycles. The number of rotatable bonds is 2. The van der Waals surface area contributed by atoms with Crippen molar-refractivity contribution in [1.29, 1.82) is 0 Å². The van der Waals surface area contributed by atoms with Crippen LogP contribution in [0.2, 0.25) is 0 Å². The Hall–Kier alpha value is -0.160. The lowest BCUT2D eigenvalue weighted by Gasteiger charge is -2.14. The van der Waals surface area contributed by atoms with Crippen LogP contribution in [0.4, 0.5) is 0 Å². The lowest BCUT2D eigenvalue weighted by atomic mass is 10.0. The van der Waals surface area contributed by atoms with Gasteiger partial charge in [-0.25, -0.2) is 0 Å². The van der Waals surface area contributed by atoms with Crippen LogP contribution in [0.5, 0.6) is 0 Å². The van der Waals surface area contributed by atoms with Crippen LogP contribution in [0.15, 0.2) is 0 Å². The molecule has 0 amide bonds. The molecule has 1 rings (SSSR count). The van der Waals surface area contributed by atoms with Gasteiger partial charge in [-0.1, -0.05) is 0 Å². The van der Waals surface area contributed by atoms with E-state index in [-0.39, 0.29) is 12.5 Å². The van der Waals surface area contributed by atoms with Crippen LogP contribution in [0, 0.1) is 5.92 Å². The normalized spacial score (nSPS) is 44.7. The highest BCUT2D eigenvalue weighted by Crippen LogP contribution is 2.28. The van der Waals surface area contributed by atoms with Crippen molar-refractivity contribution in [3.8, 4) is 0 Å². The molecule has 1 aliphatic rings. The molecule has 4 N–H and O–H groups in total. The Balaban J connectivity index is 2.45. The fourth-order valence-electron chi connectivity index (χ4n) is 1.55. The minimum Gasteiger partial charge on any atom is -0.396 e. The van der Waals surface area contributed by atoms with E-state index in [1.807, 2.05) is 0 Å². The van der Waals surface area contributed by atoms with Gasteiger partial charge in [0.25, 0.3) is 0 Å². The van der Waals surface area contributed by atoms with E-state index >= 15 is 0 Å². The van der Waals surface area contributed by atoms with Gasteiger partial charge in [-0.2, -0.15) is 0 Å². The largest absolute Gasteiger partial charge is 0.396 e. The zero-order valence-corrected chi connectivity index (χ0v) is 6.22. The third-order valence-electron chi connectivity index (χ3n) is 2.27. The molecule has 1 aliphatic carbocycles. The average Bonchev–Trinajstić information content (AvgIpc) is 2.19. The first-order chi connectivity index (χ1) is 5.16. The second kappa shape index (κ2) is 3.49. The smallest absolute Gasteiger partial charge is 0.106 e. The van der Waals surface area contributed by atoms with E-state index in [9.17, 15) is 5.11 Å². The Morgan fingerprint density at radius 1 is 1.09 bits per heavy atom. The summed E-state index contributed by atoms with van der Waals surface area (Å²) in [4.78, 5) is 0. The van der Waals surface area contributed by atoms with Gasteiger partial charge in [0.15, 0.2) is 0 Å². The molecule has 1 saturated carbocycles. The molecule has 0 radical (unpaired) electrons. The van der Waals surface area contributed by atoms with Crippen LogP contribution in [0.3, 0.4) is 0 Å². The molecule has 0 bridgehead atoms. The van der Waals surface area contributed by atoms with Crippen LogP contribution in [0.1, 0.15) is 12.8 Å². The average molecular weight is 162 g/mol. The van der Waals surface area contributed by atoms with Crippen LogP contribution in [-0.4, -0.2) is 45.3 Å². The molecular formula is C7H14O4. The summed E-state index contributed by atoms with van der Waals surface area (Å²) in [5.74, 6) is -0.162. The van der Waals surface area contributed by atoms with Gasteiger partial charge in [0.05, 0.1) is 12.2 Å². The molecular weight excluding hydrogens is 148 g/mol. The van der Waals surface area contributed by atoms with Gasteiger partial charge in [-0.3, -0.25) is 0 Å². The topological polar surface area (TPSA) is 80.9 Å². The highest BCUT2D eigenvalue weighted by atomic mass is 16.4. The van der Waals surface area contributed by atoms with E-state index in [1.165, 1.54) is 0 Å². The van der Waals surface area contributed by atoms with Gasteiger partial charge < -0.3 is 20.4 Å². The molecule has 4 nitrogen and oxygen atoms in total. The minimum atomic E-state index is -1.04. The Morgan fingerprint density at radius 2 is 1.73 bits per heavy atom. The first-order valence-electron chi connectivity index (χ1n) is 3.82. The molecule has 0 aromatic carbocycles. The Bertz CT molecular complexity index is 128. The molecule has 4 heteroatoms. The Kier molecular flexibility index (Phi) is 2.84. The molecule has 66 valence electrons. The standard InChI is InChI=1S/C7H14O4/c8-2-1-4-3-5(9)7(11)6(4)10/h4-11H,1-3H2/t4-,5+,6-,7-/m1/s1. The second-order valence-electron chi connectivity index (χ2n) is 3.06. The van der Waals surface area contributed by atoms with Crippen LogP contribution >= 0.6 is 0 Å². The van der Waals surface area contributed by atoms with Crippen molar-refractivity contribution in [2.75, 3.05) is 6.61 Å². The van der Waals surface area contributed by atoms with Crippen molar-refractivity contribution in [3.05, 3.63) is 0 Å². The third kappa shape index (κ3) is 1.70. The van der Waals surface area contributed by atoms with Crippen molar-refractivity contribution >= 4 is 0 Å². The molecule has 1 fully saturated rings. The van der Waals surface area contributed by atoms with Gasteiger partial charge in [0, 0.05) is 6.61 Å². The van der Waals surface area contributed by atoms with Crippen molar-refractivity contribution in [2.24, 2.45) is 5.92 Å². The fraction of sp³-hybridized carbons (Fsp3) is 1.00. The van der Waals surface area contributed by atoms with Crippen LogP contribution in [-0.2, 0) is 0 Å². The summed E-state index contributed by atoms with van der Waals surface area (Å²) < 4.78 is 0. The Labute approximate surface area is 65.1 Å². The summed E-state index contributed by atoms with van der Waals surface area (Å²) in [5, 5.41) is 35.9. The van der Waals surface area contributed by atoms with E-state index in [4.69, 9.17) is 15.3 Å². The number of hydrogen-bond donors (Lipinski definition) is 4. The Morgan fingerprint density at radius 3 is 2.09 bits per heavy atom. The van der Waals surface area contributed by atoms with Crippen LogP contribution in [0.25, 0.3) is 0 Å². The van der Waals surface area contributed by atoms with E-state index in [0.29, 0.717) is 12.8 Å². The molecule has 0 spiro atoms. The van der Waals surface area contributed by atoms with Crippen molar-refractivity contribution in [2.45, 2.75) is 31.2 Å². The predicted molar refractivity (Wildman–Crippen MR) is 37.8 cm³/mol. The molecule has 0 aliphatic heterocycles. The predicted octanol–water partition coefficient (Wildman–Crippen LogP) is -1.53. The van der Waals surface area contributed by atoms with E-state index < -0.39 is 18.3 Å². The van der Waals surface area contributed by atoms with Crippen molar-refractivity contribution in [3.63, 3.8) is 0 Å². The summed E-state index contributed by atoms with van der Waals surface area (Å²) in [6.45, 7) is -0.0127. The fourth-order valence-corrected chi connectivity index (χ4v) is 1.55. The lowest BCUT2D eigenvalue weighted by molar-refractivity contribution is -0.0274. The van der Waals surface area contributed by atoms with E-state index in [2.05, 4.69) is 0 Å². The molecule has 0 aromatic rings. The van der Waals surface area contributed by atoms with Crippen molar-refractivity contribution in [1.82, 2.24) is 0 Å². The van der Waals surface area contributed by atoms with Gasteiger partial charge in [0.2, 0.25) is 0 Å². The summed E-state index contributed by atoms with van der Waals surface area (Å²) in [6, 6.07) is 0. The first-order valence-corrected chi connectivity index (χ1v) is 3.82. The van der Waals surface area contributed by atoms with Crippen LogP contribution < -0.4 is 0 Å². The molecule has 0 aromatic heterocycles. The maximum Gasteiger partial charge on any atom is 0.106 e. The highest BCUT2D eigenvalue weighted by Gasteiger charge is 2.39. The molecule has 0 unspecified atom stereocenters. The van der Waals surface area contributed by atoms with Gasteiger partial charge >= 0.3 is 0 Å². The zero-order valence-electron chi connectivity index (χ0n) is 6.22. The highest BCUT2D eigenvalue weighted by molar-refractivity contribution is 4.90. The third-order valence-corrected chi connectivity index (χ3v) is 2.27. The van der Waals surface area contributed by atoms with E-state index in [1.54, 1.807) is 0 Å². The number of aliphatic hydroxyl groups is 4. The first kappa shape index (κ1) is 8.93. The monoisotopic (exact) mass is 162 g/mol. The van der Waals surface area contributed by atoms with Crippen molar-refractivity contribution < 1.29 is 20.4 Å². The maximum atomic E-state index is 9.24. The number of aliphatic hydroxyl groups excluding tert-OH is 4. The molecule has 11 heavy (non-hydrogen) atoms. The molecule has 0 saturated heterocycles. The van der Waals surface area contributed by atoms with Gasteiger partial charge in [-0.05, 0) is 18.8 Å². The SMILES string of the molecule is OCC[C@@H]1C[C@H](O)[C@@H](O)[C@@H]1O. The maximum absolute atomic E-state index is 9.24. The summed E-state index contributed by atoms with van der Waals surface area (Å²) >= 11 is 0. The lowest BCUT2D eigenvalue weighted by Crippen LogP contribution is -2.30. The summed E-state index contributed by atoms with van der Waals surface area (Å²) in [5.41, 5.74) is 0. The molecule has 4 atom stereocenters. The van der Waals surface area contributed by atoms with Gasteiger partial charge in [-0.15, -0.1) is 0 Å². The summed E-state index contributed by atoms with van der Waals surface area (Å²) in [7, 11) is 0. The second-order valence-corrected chi connectivity index (χ2v) is 3.06. The number of hydrogen-bond acceptors (Lipinski definition) is 4. The zero-order chi connectivity index (χ0) is 8.43. The van der Waals surface area contributed by atoms with E-state index in [0.717, 1.165) is 0 Å². The summed E-state index contributed by atoms with van der Waals surface area (Å²) in [6.07, 6.45) is -1.93. The van der Waals surface area contributed by atoms with Gasteiger partial charge in [0.1, 0.15) is 6.10 Å². The quantitative estimate of drug-likeness (QED) is 0.397.